The van der Waals surface area contributed by atoms with E-state index in [4.69, 9.17) is 0 Å². The molecule has 12 atom stereocenters. The van der Waals surface area contributed by atoms with Crippen molar-refractivity contribution in [2.24, 2.45) is 76.4 Å². The molecule has 0 spiro atoms. The zero-order chi connectivity index (χ0) is 43.0. The van der Waals surface area contributed by atoms with Crippen LogP contribution in [-0.4, -0.2) is 34.5 Å². The van der Waals surface area contributed by atoms with Gasteiger partial charge in [-0.3, -0.25) is 0 Å². The Bertz CT molecular complexity index is 1030. The first kappa shape index (κ1) is 53.7. The molecule has 0 aromatic carbocycles. The van der Waals surface area contributed by atoms with E-state index in [0.717, 1.165) is 71.0 Å². The van der Waals surface area contributed by atoms with E-state index >= 15 is 0 Å². The lowest BCUT2D eigenvalue weighted by Gasteiger charge is -2.38. The van der Waals surface area contributed by atoms with Gasteiger partial charge in [0.25, 0.3) is 0 Å². The summed E-state index contributed by atoms with van der Waals surface area (Å²) in [5.41, 5.74) is 0.493. The summed E-state index contributed by atoms with van der Waals surface area (Å²) >= 11 is 7.02. The Morgan fingerprint density at radius 1 is 0.300 bits per heavy atom. The van der Waals surface area contributed by atoms with E-state index in [9.17, 15) is 0 Å². The third-order valence-corrected chi connectivity index (χ3v) is 20.7. The highest BCUT2D eigenvalue weighted by atomic mass is 32.2. The molecule has 4 aliphatic carbocycles. The van der Waals surface area contributed by atoms with Gasteiger partial charge >= 0.3 is 0 Å². The fourth-order valence-corrected chi connectivity index (χ4v) is 17.5. The zero-order valence-corrected chi connectivity index (χ0v) is 44.6. The first-order valence-corrected chi connectivity index (χ1v) is 31.3. The van der Waals surface area contributed by atoms with E-state index in [-0.39, 0.29) is 0 Å². The minimum absolute atomic E-state index is 0.493. The van der Waals surface area contributed by atoms with Crippen molar-refractivity contribution in [3.8, 4) is 0 Å². The monoisotopic (exact) mass is 889 g/mol. The zero-order valence-electron chi connectivity index (χ0n) is 42.1. The molecule has 4 aliphatic rings. The van der Waals surface area contributed by atoms with Crippen LogP contribution in [0.4, 0.5) is 0 Å². The molecule has 0 heterocycles. The predicted octanol–water partition coefficient (Wildman–Crippen LogP) is 19.5. The van der Waals surface area contributed by atoms with Crippen LogP contribution in [0, 0.1) is 76.4 Å². The summed E-state index contributed by atoms with van der Waals surface area (Å²) in [5, 5.41) is 0. The van der Waals surface area contributed by atoms with Crippen LogP contribution >= 0.6 is 35.3 Å². The molecule has 0 saturated heterocycles. The Morgan fingerprint density at radius 3 is 0.917 bits per heavy atom. The van der Waals surface area contributed by atoms with E-state index in [1.54, 1.807) is 32.1 Å². The maximum absolute atomic E-state index is 2.46. The van der Waals surface area contributed by atoms with Gasteiger partial charge in [0, 0.05) is 0 Å². The summed E-state index contributed by atoms with van der Waals surface area (Å²) in [4.78, 5) is 0. The van der Waals surface area contributed by atoms with E-state index < -0.39 is 0 Å². The van der Waals surface area contributed by atoms with Crippen LogP contribution in [0.1, 0.15) is 248 Å². The molecule has 0 aromatic rings. The van der Waals surface area contributed by atoms with E-state index in [1.807, 2.05) is 0 Å². The maximum Gasteiger partial charge on any atom is -0.00648 e. The lowest BCUT2D eigenvalue weighted by molar-refractivity contribution is 0.142. The molecule has 0 nitrogen and oxygen atoms in total. The average molecular weight is 890 g/mol. The Hall–Kier alpha value is 1.05. The Kier molecular flexibility index (Phi) is 27.8. The average Bonchev–Trinajstić information content (AvgIpc) is 3.22. The molecular weight excluding hydrogens is 781 g/mol. The van der Waals surface area contributed by atoms with Gasteiger partial charge in [-0.15, -0.1) is 0 Å². The number of thioether (sulfide) groups is 3. The van der Waals surface area contributed by atoms with Crippen molar-refractivity contribution in [2.45, 2.75) is 248 Å². The molecule has 12 unspecified atom stereocenters. The normalized spacial score (nSPS) is 33.0. The minimum atomic E-state index is 0.493. The predicted molar refractivity (Wildman–Crippen MR) is 280 cm³/mol. The number of rotatable bonds is 30. The molecular formula is C57H108S3. The third-order valence-electron chi connectivity index (χ3n) is 17.5. The van der Waals surface area contributed by atoms with Crippen LogP contribution in [0.15, 0.2) is 0 Å². The number of hydrogen-bond donors (Lipinski definition) is 0. The van der Waals surface area contributed by atoms with Crippen molar-refractivity contribution in [1.29, 1.82) is 0 Å². The van der Waals surface area contributed by atoms with Crippen LogP contribution in [0.25, 0.3) is 0 Å². The summed E-state index contributed by atoms with van der Waals surface area (Å²) in [6.45, 7) is 19.5. The van der Waals surface area contributed by atoms with Crippen molar-refractivity contribution in [1.82, 2.24) is 0 Å². The summed E-state index contributed by atoms with van der Waals surface area (Å²) in [7, 11) is 0. The molecule has 0 aromatic heterocycles. The smallest absolute Gasteiger partial charge is 0.00648 e. The Balaban J connectivity index is 1.07. The molecule has 0 amide bonds. The summed E-state index contributed by atoms with van der Waals surface area (Å²) in [5.74, 6) is 20.9. The van der Waals surface area contributed by atoms with Crippen LogP contribution < -0.4 is 0 Å². The highest BCUT2D eigenvalue weighted by Gasteiger charge is 2.33. The van der Waals surface area contributed by atoms with Gasteiger partial charge in [-0.1, -0.05) is 145 Å². The van der Waals surface area contributed by atoms with Crippen molar-refractivity contribution in [2.75, 3.05) is 34.5 Å². The van der Waals surface area contributed by atoms with E-state index in [1.165, 1.54) is 195 Å². The van der Waals surface area contributed by atoms with Crippen molar-refractivity contribution < 1.29 is 0 Å². The largest absolute Gasteiger partial charge is 0.162 e. The lowest BCUT2D eigenvalue weighted by Crippen LogP contribution is -2.27. The molecule has 0 aliphatic heterocycles. The van der Waals surface area contributed by atoms with Crippen molar-refractivity contribution >= 4 is 35.3 Å². The van der Waals surface area contributed by atoms with Crippen LogP contribution in [0.2, 0.25) is 0 Å². The maximum atomic E-state index is 2.46. The molecule has 60 heavy (non-hydrogen) atoms. The standard InChI is InChI=1S/C57H108S3/c1-9-14-45-19-25-51(53(41-45)17-12-4)31-38-58-35-28-46-22-26-52(54(42-46)18-13-5)32-39-59-36-30-48-21-24-50(16-11-3)56(44-48)33-40-60-37-29-47-20-23-49(15-10-2)55(43-47)27-34-57(6,7)8/h45-56H,9-44H2,1-8H3. The third kappa shape index (κ3) is 20.7. The SMILES string of the molecule is CCCC1CCC(CCSCCC2CCC(CCSCCC3CCC(CCC)C(CCSCCC4CCC(CCC)C(CCC(C)(C)C)C4)C3)C(CCC)C2)C(CCC)C1. The van der Waals surface area contributed by atoms with Gasteiger partial charge in [-0.05, 0) is 214 Å². The summed E-state index contributed by atoms with van der Waals surface area (Å²) in [6, 6.07) is 0. The number of hydrogen-bond acceptors (Lipinski definition) is 3. The second kappa shape index (κ2) is 31.1. The van der Waals surface area contributed by atoms with Crippen molar-refractivity contribution in [3.63, 3.8) is 0 Å². The van der Waals surface area contributed by atoms with E-state index in [2.05, 4.69) is 90.7 Å². The fourth-order valence-electron chi connectivity index (χ4n) is 13.9. The molecule has 3 heteroatoms. The highest BCUT2D eigenvalue weighted by molar-refractivity contribution is 7.99. The lowest BCUT2D eigenvalue weighted by atomic mass is 9.68. The van der Waals surface area contributed by atoms with Gasteiger partial charge in [-0.25, -0.2) is 0 Å². The molecule has 0 radical (unpaired) electrons. The van der Waals surface area contributed by atoms with Crippen LogP contribution in [0.5, 0.6) is 0 Å². The second-order valence-electron chi connectivity index (χ2n) is 23.4. The first-order valence-electron chi connectivity index (χ1n) is 27.9. The van der Waals surface area contributed by atoms with E-state index in [0.29, 0.717) is 5.41 Å². The second-order valence-corrected chi connectivity index (χ2v) is 27.1. The van der Waals surface area contributed by atoms with Gasteiger partial charge in [0.1, 0.15) is 0 Å². The highest BCUT2D eigenvalue weighted by Crippen LogP contribution is 2.45. The van der Waals surface area contributed by atoms with Gasteiger partial charge in [-0.2, -0.15) is 35.3 Å². The summed E-state index contributed by atoms with van der Waals surface area (Å²) < 4.78 is 0. The minimum Gasteiger partial charge on any atom is -0.162 e. The molecule has 4 saturated carbocycles. The summed E-state index contributed by atoms with van der Waals surface area (Å²) in [6.07, 6.45) is 44.8. The topological polar surface area (TPSA) is 0 Å². The fraction of sp³-hybridized carbons (Fsp3) is 1.00. The Labute approximate surface area is 392 Å². The van der Waals surface area contributed by atoms with Gasteiger partial charge in [0.2, 0.25) is 0 Å². The molecule has 4 rings (SSSR count). The first-order chi connectivity index (χ1) is 29.2. The Morgan fingerprint density at radius 2 is 0.567 bits per heavy atom. The molecule has 354 valence electrons. The van der Waals surface area contributed by atoms with Gasteiger partial charge in [0.15, 0.2) is 0 Å². The molecule has 0 N–H and O–H groups in total. The van der Waals surface area contributed by atoms with Crippen LogP contribution in [-0.2, 0) is 0 Å². The molecule has 4 fully saturated rings. The van der Waals surface area contributed by atoms with Gasteiger partial charge in [0.05, 0.1) is 0 Å². The quantitative estimate of drug-likeness (QED) is 0.0660. The van der Waals surface area contributed by atoms with Crippen molar-refractivity contribution in [3.05, 3.63) is 0 Å². The van der Waals surface area contributed by atoms with Gasteiger partial charge < -0.3 is 0 Å². The van der Waals surface area contributed by atoms with Crippen LogP contribution in [0.3, 0.4) is 0 Å². The molecule has 0 bridgehead atoms.